The van der Waals surface area contributed by atoms with Gasteiger partial charge in [-0.05, 0) is 31.5 Å². The van der Waals surface area contributed by atoms with Crippen molar-refractivity contribution >= 4 is 29.1 Å². The van der Waals surface area contributed by atoms with Crippen LogP contribution in [-0.4, -0.2) is 24.1 Å². The molecule has 2 rings (SSSR count). The summed E-state index contributed by atoms with van der Waals surface area (Å²) in [6.45, 7) is 5.30. The molecule has 1 aliphatic rings. The van der Waals surface area contributed by atoms with Crippen molar-refractivity contribution in [3.63, 3.8) is 0 Å². The van der Waals surface area contributed by atoms with Gasteiger partial charge in [0.15, 0.2) is 0 Å². The fraction of sp³-hybridized carbons (Fsp3) is 0.538. The quantitative estimate of drug-likeness (QED) is 0.894. The van der Waals surface area contributed by atoms with Gasteiger partial charge in [0.2, 0.25) is 0 Å². The van der Waals surface area contributed by atoms with Gasteiger partial charge in [0.25, 0.3) is 0 Å². The van der Waals surface area contributed by atoms with Crippen molar-refractivity contribution < 1.29 is 0 Å². The molecule has 2 nitrogen and oxygen atoms in total. The van der Waals surface area contributed by atoms with Gasteiger partial charge in [-0.2, -0.15) is 11.8 Å². The Kier molecular flexibility index (Phi) is 4.23. The molecule has 0 bridgehead atoms. The normalized spacial score (nSPS) is 22.6. The maximum absolute atomic E-state index is 6.37. The van der Waals surface area contributed by atoms with Gasteiger partial charge in [-0.3, -0.25) is 0 Å². The van der Waals surface area contributed by atoms with E-state index in [4.69, 9.17) is 17.3 Å². The highest BCUT2D eigenvalue weighted by Gasteiger charge is 2.21. The molecule has 0 spiro atoms. The lowest BCUT2D eigenvalue weighted by molar-refractivity contribution is 0.699. The number of thioether (sulfide) groups is 1. The summed E-state index contributed by atoms with van der Waals surface area (Å²) in [5.74, 6) is 2.35. The first kappa shape index (κ1) is 13.1. The summed E-state index contributed by atoms with van der Waals surface area (Å²) >= 11 is 8.38. The Morgan fingerprint density at radius 1 is 1.53 bits per heavy atom. The third-order valence-electron chi connectivity index (χ3n) is 3.17. The van der Waals surface area contributed by atoms with Crippen LogP contribution in [0.5, 0.6) is 0 Å². The first-order valence-electron chi connectivity index (χ1n) is 5.99. The molecule has 2 unspecified atom stereocenters. The lowest BCUT2D eigenvalue weighted by Crippen LogP contribution is -2.40. The van der Waals surface area contributed by atoms with E-state index in [0.717, 1.165) is 22.8 Å². The summed E-state index contributed by atoms with van der Waals surface area (Å²) < 4.78 is 0. The highest BCUT2D eigenvalue weighted by Crippen LogP contribution is 2.32. The zero-order valence-corrected chi connectivity index (χ0v) is 11.9. The minimum Gasteiger partial charge on any atom is -0.366 e. The molecular formula is C13H19ClN2S. The number of nitrogens with two attached hydrogens (primary N) is 1. The monoisotopic (exact) mass is 270 g/mol. The second-order valence-corrected chi connectivity index (χ2v) is 6.17. The molecule has 0 amide bonds. The molecule has 0 aliphatic carbocycles. The van der Waals surface area contributed by atoms with E-state index in [1.54, 1.807) is 0 Å². The Labute approximate surface area is 113 Å². The average Bonchev–Trinajstić information content (AvgIpc) is 2.30. The van der Waals surface area contributed by atoms with Gasteiger partial charge < -0.3 is 10.6 Å². The van der Waals surface area contributed by atoms with E-state index in [2.05, 4.69) is 24.0 Å². The Morgan fingerprint density at radius 2 is 2.29 bits per heavy atom. The predicted octanol–water partition coefficient (Wildman–Crippen LogP) is 3.30. The van der Waals surface area contributed by atoms with E-state index in [1.165, 1.54) is 11.5 Å². The molecule has 1 aromatic carbocycles. The molecule has 4 heteroatoms. The highest BCUT2D eigenvalue weighted by molar-refractivity contribution is 7.99. The lowest BCUT2D eigenvalue weighted by Gasteiger charge is -2.35. The van der Waals surface area contributed by atoms with E-state index in [-0.39, 0.29) is 6.04 Å². The Hall–Kier alpha value is -0.380. The fourth-order valence-corrected chi connectivity index (χ4v) is 3.44. The average molecular weight is 271 g/mol. The number of nitrogens with zero attached hydrogens (tertiary/aromatic N) is 1. The summed E-state index contributed by atoms with van der Waals surface area (Å²) in [6.07, 6.45) is 0. The molecule has 94 valence electrons. The van der Waals surface area contributed by atoms with Crippen LogP contribution in [0.15, 0.2) is 18.2 Å². The van der Waals surface area contributed by atoms with Crippen LogP contribution >= 0.6 is 23.4 Å². The Morgan fingerprint density at radius 3 is 2.88 bits per heavy atom. The molecule has 17 heavy (non-hydrogen) atoms. The van der Waals surface area contributed by atoms with Crippen LogP contribution in [0, 0.1) is 0 Å². The van der Waals surface area contributed by atoms with Gasteiger partial charge in [0, 0.05) is 30.1 Å². The molecule has 1 heterocycles. The first-order chi connectivity index (χ1) is 8.09. The Bertz CT molecular complexity index is 395. The number of hydrogen-bond acceptors (Lipinski definition) is 3. The number of hydrogen-bond donors (Lipinski definition) is 1. The lowest BCUT2D eigenvalue weighted by atomic mass is 10.1. The molecule has 0 radical (unpaired) electrons. The Balaban J connectivity index is 2.26. The minimum atomic E-state index is 0.0379. The van der Waals surface area contributed by atoms with Crippen molar-refractivity contribution in [1.29, 1.82) is 0 Å². The first-order valence-corrected chi connectivity index (χ1v) is 7.52. The molecule has 2 atom stereocenters. The van der Waals surface area contributed by atoms with Crippen LogP contribution in [-0.2, 0) is 0 Å². The number of benzene rings is 1. The van der Waals surface area contributed by atoms with Crippen molar-refractivity contribution in [2.45, 2.75) is 25.9 Å². The topological polar surface area (TPSA) is 29.3 Å². The van der Waals surface area contributed by atoms with Crippen LogP contribution in [0.25, 0.3) is 0 Å². The number of halogens is 1. The van der Waals surface area contributed by atoms with Crippen LogP contribution in [0.2, 0.25) is 5.02 Å². The van der Waals surface area contributed by atoms with Gasteiger partial charge in [-0.1, -0.05) is 17.7 Å². The van der Waals surface area contributed by atoms with Crippen molar-refractivity contribution in [3.05, 3.63) is 28.8 Å². The van der Waals surface area contributed by atoms with E-state index in [0.29, 0.717) is 6.04 Å². The third-order valence-corrected chi connectivity index (χ3v) is 4.67. The SMILES string of the molecule is CC(N)c1ccc(N2CCSCC2C)c(Cl)c1. The minimum absolute atomic E-state index is 0.0379. The fourth-order valence-electron chi connectivity index (χ4n) is 2.12. The summed E-state index contributed by atoms with van der Waals surface area (Å²) in [4.78, 5) is 2.39. The van der Waals surface area contributed by atoms with Gasteiger partial charge in [0.05, 0.1) is 10.7 Å². The van der Waals surface area contributed by atoms with Gasteiger partial charge in [-0.25, -0.2) is 0 Å². The van der Waals surface area contributed by atoms with E-state index >= 15 is 0 Å². The maximum atomic E-state index is 6.37. The van der Waals surface area contributed by atoms with Gasteiger partial charge in [-0.15, -0.1) is 0 Å². The molecule has 1 aromatic rings. The van der Waals surface area contributed by atoms with Gasteiger partial charge in [0.1, 0.15) is 0 Å². The van der Waals surface area contributed by atoms with Crippen molar-refractivity contribution in [2.75, 3.05) is 23.0 Å². The second-order valence-electron chi connectivity index (χ2n) is 4.62. The molecule has 1 fully saturated rings. The molecule has 1 saturated heterocycles. The maximum Gasteiger partial charge on any atom is 0.0643 e. The standard InChI is InChI=1S/C13H19ClN2S/c1-9-8-17-6-5-16(9)13-4-3-11(10(2)15)7-12(13)14/h3-4,7,9-10H,5-6,8,15H2,1-2H3. The molecule has 1 aliphatic heterocycles. The van der Waals surface area contributed by atoms with Crippen molar-refractivity contribution in [2.24, 2.45) is 5.73 Å². The van der Waals surface area contributed by atoms with E-state index < -0.39 is 0 Å². The zero-order chi connectivity index (χ0) is 12.4. The zero-order valence-electron chi connectivity index (χ0n) is 10.3. The summed E-state index contributed by atoms with van der Waals surface area (Å²) in [5, 5.41) is 0.818. The summed E-state index contributed by atoms with van der Waals surface area (Å²) in [6, 6.07) is 6.77. The molecule has 0 aromatic heterocycles. The predicted molar refractivity (Wildman–Crippen MR) is 78.2 cm³/mol. The largest absolute Gasteiger partial charge is 0.366 e. The number of anilines is 1. The van der Waals surface area contributed by atoms with E-state index in [9.17, 15) is 0 Å². The van der Waals surface area contributed by atoms with Crippen LogP contribution in [0.4, 0.5) is 5.69 Å². The molecular weight excluding hydrogens is 252 g/mol. The smallest absolute Gasteiger partial charge is 0.0643 e. The third kappa shape index (κ3) is 2.90. The van der Waals surface area contributed by atoms with Crippen LogP contribution in [0.3, 0.4) is 0 Å². The highest BCUT2D eigenvalue weighted by atomic mass is 35.5. The van der Waals surface area contributed by atoms with Gasteiger partial charge >= 0.3 is 0 Å². The van der Waals surface area contributed by atoms with E-state index in [1.807, 2.05) is 24.8 Å². The van der Waals surface area contributed by atoms with Crippen LogP contribution in [0.1, 0.15) is 25.5 Å². The van der Waals surface area contributed by atoms with Crippen molar-refractivity contribution in [1.82, 2.24) is 0 Å². The van der Waals surface area contributed by atoms with Crippen LogP contribution < -0.4 is 10.6 Å². The molecule has 0 saturated carbocycles. The number of rotatable bonds is 2. The molecule has 2 N–H and O–H groups in total. The summed E-state index contributed by atoms with van der Waals surface area (Å²) in [5.41, 5.74) is 8.10. The summed E-state index contributed by atoms with van der Waals surface area (Å²) in [7, 11) is 0. The van der Waals surface area contributed by atoms with Crippen molar-refractivity contribution in [3.8, 4) is 0 Å². The second kappa shape index (κ2) is 5.51.